The van der Waals surface area contributed by atoms with E-state index in [0.29, 0.717) is 36.0 Å². The Balaban J connectivity index is 1.59. The molecule has 1 aliphatic heterocycles. The fourth-order valence-electron chi connectivity index (χ4n) is 2.97. The maximum atomic E-state index is 12.3. The number of primary amides is 1. The molecule has 3 rings (SSSR count). The molecule has 27 heavy (non-hydrogen) atoms. The molecule has 0 bridgehead atoms. The van der Waals surface area contributed by atoms with Crippen LogP contribution in [0.5, 0.6) is 11.5 Å². The first kappa shape index (κ1) is 18.9. The zero-order valence-electron chi connectivity index (χ0n) is 14.9. The molecule has 7 nitrogen and oxygen atoms in total. The van der Waals surface area contributed by atoms with E-state index in [2.05, 4.69) is 5.32 Å². The van der Waals surface area contributed by atoms with E-state index in [9.17, 15) is 9.59 Å². The highest BCUT2D eigenvalue weighted by Gasteiger charge is 2.26. The van der Waals surface area contributed by atoms with E-state index < -0.39 is 11.9 Å². The van der Waals surface area contributed by atoms with Crippen molar-refractivity contribution in [1.29, 1.82) is 0 Å². The normalized spacial score (nSPS) is 15.7. The van der Waals surface area contributed by atoms with Crippen LogP contribution in [0.1, 0.15) is 23.2 Å². The van der Waals surface area contributed by atoms with Crippen LogP contribution >= 0.6 is 0 Å². The van der Waals surface area contributed by atoms with Gasteiger partial charge in [-0.05, 0) is 61.2 Å². The highest BCUT2D eigenvalue weighted by Crippen LogP contribution is 2.24. The molecule has 0 aliphatic carbocycles. The molecular formula is C20H23N3O4. The molecule has 1 atom stereocenters. The first-order chi connectivity index (χ1) is 13.0. The van der Waals surface area contributed by atoms with Gasteiger partial charge in [0.05, 0.1) is 6.04 Å². The van der Waals surface area contributed by atoms with Crippen LogP contribution < -0.4 is 21.5 Å². The van der Waals surface area contributed by atoms with E-state index in [1.54, 1.807) is 48.5 Å². The SMILES string of the molecule is NC(=O)c1cccc(Oc2ccc(NC(=O)C(N)C3CCOCC3)cc2)c1. The molecule has 1 fully saturated rings. The van der Waals surface area contributed by atoms with Gasteiger partial charge in [-0.2, -0.15) is 0 Å². The van der Waals surface area contributed by atoms with Crippen LogP contribution in [-0.2, 0) is 9.53 Å². The molecule has 2 amide bonds. The highest BCUT2D eigenvalue weighted by molar-refractivity contribution is 5.95. The molecule has 5 N–H and O–H groups in total. The minimum absolute atomic E-state index is 0.138. The predicted octanol–water partition coefficient (Wildman–Crippen LogP) is 2.27. The van der Waals surface area contributed by atoms with Crippen LogP contribution in [0.25, 0.3) is 0 Å². The maximum Gasteiger partial charge on any atom is 0.248 e. The Hall–Kier alpha value is -2.90. The van der Waals surface area contributed by atoms with Crippen molar-refractivity contribution in [3.8, 4) is 11.5 Å². The molecule has 1 aliphatic rings. The number of benzene rings is 2. The topological polar surface area (TPSA) is 117 Å². The van der Waals surface area contributed by atoms with E-state index in [1.165, 1.54) is 0 Å². The zero-order chi connectivity index (χ0) is 19.2. The smallest absolute Gasteiger partial charge is 0.248 e. The first-order valence-electron chi connectivity index (χ1n) is 8.85. The van der Waals surface area contributed by atoms with Crippen LogP contribution in [0.3, 0.4) is 0 Å². The van der Waals surface area contributed by atoms with Crippen LogP contribution in [0.4, 0.5) is 5.69 Å². The molecule has 0 radical (unpaired) electrons. The largest absolute Gasteiger partial charge is 0.457 e. The van der Waals surface area contributed by atoms with Gasteiger partial charge in [0.1, 0.15) is 11.5 Å². The number of ether oxygens (including phenoxy) is 2. The molecule has 0 saturated carbocycles. The van der Waals surface area contributed by atoms with Gasteiger partial charge in [-0.3, -0.25) is 9.59 Å². The van der Waals surface area contributed by atoms with Crippen molar-refractivity contribution >= 4 is 17.5 Å². The average Bonchev–Trinajstić information content (AvgIpc) is 2.69. The van der Waals surface area contributed by atoms with Crippen molar-refractivity contribution in [3.63, 3.8) is 0 Å². The lowest BCUT2D eigenvalue weighted by molar-refractivity contribution is -0.119. The third-order valence-corrected chi connectivity index (χ3v) is 4.55. The quantitative estimate of drug-likeness (QED) is 0.722. The van der Waals surface area contributed by atoms with Crippen molar-refractivity contribution in [2.75, 3.05) is 18.5 Å². The summed E-state index contributed by atoms with van der Waals surface area (Å²) in [6, 6.07) is 13.0. The van der Waals surface area contributed by atoms with Gasteiger partial charge in [0.2, 0.25) is 11.8 Å². The Morgan fingerprint density at radius 2 is 1.78 bits per heavy atom. The number of rotatable bonds is 6. The molecule has 1 unspecified atom stereocenters. The second-order valence-corrected chi connectivity index (χ2v) is 6.48. The number of hydrogen-bond acceptors (Lipinski definition) is 5. The van der Waals surface area contributed by atoms with Gasteiger partial charge < -0.3 is 26.3 Å². The van der Waals surface area contributed by atoms with E-state index in [4.69, 9.17) is 20.9 Å². The number of amides is 2. The zero-order valence-corrected chi connectivity index (χ0v) is 14.9. The van der Waals surface area contributed by atoms with Gasteiger partial charge in [-0.15, -0.1) is 0 Å². The van der Waals surface area contributed by atoms with Gasteiger partial charge in [-0.1, -0.05) is 6.07 Å². The number of carbonyl (C=O) groups is 2. The van der Waals surface area contributed by atoms with E-state index in [0.717, 1.165) is 12.8 Å². The van der Waals surface area contributed by atoms with E-state index in [1.807, 2.05) is 0 Å². The fraction of sp³-hybridized carbons (Fsp3) is 0.300. The second-order valence-electron chi connectivity index (χ2n) is 6.48. The van der Waals surface area contributed by atoms with Crippen molar-refractivity contribution in [2.24, 2.45) is 17.4 Å². The summed E-state index contributed by atoms with van der Waals surface area (Å²) in [7, 11) is 0. The first-order valence-corrected chi connectivity index (χ1v) is 8.85. The number of hydrogen-bond donors (Lipinski definition) is 3. The minimum Gasteiger partial charge on any atom is -0.457 e. The van der Waals surface area contributed by atoms with E-state index >= 15 is 0 Å². The summed E-state index contributed by atoms with van der Waals surface area (Å²) >= 11 is 0. The Morgan fingerprint density at radius 1 is 1.07 bits per heavy atom. The van der Waals surface area contributed by atoms with Crippen molar-refractivity contribution in [2.45, 2.75) is 18.9 Å². The van der Waals surface area contributed by atoms with Gasteiger partial charge in [0, 0.05) is 24.5 Å². The Bertz CT molecular complexity index is 801. The Morgan fingerprint density at radius 3 is 2.44 bits per heavy atom. The van der Waals surface area contributed by atoms with Crippen LogP contribution in [0.2, 0.25) is 0 Å². The second kappa shape index (κ2) is 8.66. The lowest BCUT2D eigenvalue weighted by Gasteiger charge is -2.26. The summed E-state index contributed by atoms with van der Waals surface area (Å²) in [5.74, 6) is 0.496. The molecule has 2 aromatic rings. The van der Waals surface area contributed by atoms with Gasteiger partial charge >= 0.3 is 0 Å². The average molecular weight is 369 g/mol. The summed E-state index contributed by atoms with van der Waals surface area (Å²) in [5.41, 5.74) is 12.4. The van der Waals surface area contributed by atoms with Crippen LogP contribution in [-0.4, -0.2) is 31.1 Å². The predicted molar refractivity (Wildman–Crippen MR) is 102 cm³/mol. The number of nitrogens with two attached hydrogens (primary N) is 2. The Kier molecular flexibility index (Phi) is 6.05. The standard InChI is InChI=1S/C20H23N3O4/c21-18(13-8-10-26-11-9-13)20(25)23-15-4-6-16(7-5-15)27-17-3-1-2-14(12-17)19(22)24/h1-7,12-13,18H,8-11,21H2,(H2,22,24)(H,23,25). The molecule has 1 saturated heterocycles. The number of anilines is 1. The lowest BCUT2D eigenvalue weighted by Crippen LogP contribution is -2.43. The summed E-state index contributed by atoms with van der Waals surface area (Å²) in [6.07, 6.45) is 1.59. The molecule has 2 aromatic carbocycles. The van der Waals surface area contributed by atoms with E-state index in [-0.39, 0.29) is 11.8 Å². The van der Waals surface area contributed by atoms with Gasteiger partial charge in [0.15, 0.2) is 0 Å². The third-order valence-electron chi connectivity index (χ3n) is 4.55. The van der Waals surface area contributed by atoms with Gasteiger partial charge in [0.25, 0.3) is 0 Å². The highest BCUT2D eigenvalue weighted by atomic mass is 16.5. The maximum absolute atomic E-state index is 12.3. The molecular weight excluding hydrogens is 346 g/mol. The molecule has 7 heteroatoms. The minimum atomic E-state index is -0.554. The summed E-state index contributed by atoms with van der Waals surface area (Å²) in [5, 5.41) is 2.83. The van der Waals surface area contributed by atoms with Crippen molar-refractivity contribution in [1.82, 2.24) is 0 Å². The molecule has 1 heterocycles. The monoisotopic (exact) mass is 369 g/mol. The Labute approximate surface area is 157 Å². The van der Waals surface area contributed by atoms with Crippen molar-refractivity contribution < 1.29 is 19.1 Å². The fourth-order valence-corrected chi connectivity index (χ4v) is 2.97. The number of nitrogens with one attached hydrogen (secondary N) is 1. The van der Waals surface area contributed by atoms with Crippen molar-refractivity contribution in [3.05, 3.63) is 54.1 Å². The third kappa shape index (κ3) is 5.06. The summed E-state index contributed by atoms with van der Waals surface area (Å²) in [6.45, 7) is 1.29. The van der Waals surface area contributed by atoms with Crippen LogP contribution in [0, 0.1) is 5.92 Å². The molecule has 0 spiro atoms. The molecule has 142 valence electrons. The van der Waals surface area contributed by atoms with Gasteiger partial charge in [-0.25, -0.2) is 0 Å². The summed E-state index contributed by atoms with van der Waals surface area (Å²) in [4.78, 5) is 23.6. The lowest BCUT2D eigenvalue weighted by atomic mass is 9.92. The summed E-state index contributed by atoms with van der Waals surface area (Å²) < 4.78 is 11.0. The van der Waals surface area contributed by atoms with Crippen LogP contribution in [0.15, 0.2) is 48.5 Å². The number of carbonyl (C=O) groups excluding carboxylic acids is 2. The molecule has 0 aromatic heterocycles.